The number of primary amides is 1. The van der Waals surface area contributed by atoms with Gasteiger partial charge >= 0.3 is 0 Å². The van der Waals surface area contributed by atoms with Gasteiger partial charge in [0.25, 0.3) is 5.91 Å². The minimum atomic E-state index is -0.603. The van der Waals surface area contributed by atoms with Gasteiger partial charge < -0.3 is 20.3 Å². The van der Waals surface area contributed by atoms with Crippen molar-refractivity contribution in [2.75, 3.05) is 6.54 Å². The lowest BCUT2D eigenvalue weighted by Gasteiger charge is -2.30. The predicted octanol–water partition coefficient (Wildman–Crippen LogP) is 3.20. The molecule has 1 aromatic heterocycles. The first-order valence-electron chi connectivity index (χ1n) is 9.27. The summed E-state index contributed by atoms with van der Waals surface area (Å²) in [4.78, 5) is 26.7. The Bertz CT molecular complexity index is 1070. The number of hydrogen-bond acceptors (Lipinski definition) is 3. The summed E-state index contributed by atoms with van der Waals surface area (Å²) in [5, 5.41) is 9.72. The summed E-state index contributed by atoms with van der Waals surface area (Å²) < 4.78 is 1.99. The van der Waals surface area contributed by atoms with E-state index in [1.54, 1.807) is 29.2 Å². The Labute approximate surface area is 173 Å². The standard InChI is InChI=1S/C22H20ClN3O3/c23-20-19(22(24)29)17-13-25(18(28)12-14-6-8-16(27)9-7-14)10-11-26(17)21(20)15-4-2-1-3-5-15/h1-9,27H,10-13H2,(H2,24,29). The minimum Gasteiger partial charge on any atom is -0.508 e. The van der Waals surface area contributed by atoms with E-state index in [-0.39, 0.29) is 30.2 Å². The van der Waals surface area contributed by atoms with Gasteiger partial charge in [0.05, 0.1) is 34.9 Å². The normalized spacial score (nSPS) is 13.2. The molecule has 0 unspecified atom stereocenters. The van der Waals surface area contributed by atoms with Crippen molar-refractivity contribution in [2.24, 2.45) is 5.73 Å². The van der Waals surface area contributed by atoms with Gasteiger partial charge in [0.15, 0.2) is 0 Å². The lowest BCUT2D eigenvalue weighted by molar-refractivity contribution is -0.131. The second-order valence-electron chi connectivity index (χ2n) is 7.02. The number of halogens is 1. The number of aromatic nitrogens is 1. The van der Waals surface area contributed by atoms with Crippen LogP contribution in [-0.4, -0.2) is 32.9 Å². The maximum absolute atomic E-state index is 12.8. The molecule has 0 radical (unpaired) electrons. The summed E-state index contributed by atoms with van der Waals surface area (Å²) in [6.45, 7) is 1.29. The van der Waals surface area contributed by atoms with Gasteiger partial charge in [-0.25, -0.2) is 0 Å². The minimum absolute atomic E-state index is 0.0593. The van der Waals surface area contributed by atoms with Crippen molar-refractivity contribution < 1.29 is 14.7 Å². The molecule has 148 valence electrons. The number of benzene rings is 2. The molecule has 1 aliphatic heterocycles. The van der Waals surface area contributed by atoms with E-state index in [9.17, 15) is 14.7 Å². The first-order chi connectivity index (χ1) is 14.0. The van der Waals surface area contributed by atoms with Crippen molar-refractivity contribution >= 4 is 23.4 Å². The Morgan fingerprint density at radius 3 is 2.38 bits per heavy atom. The molecule has 0 saturated carbocycles. The van der Waals surface area contributed by atoms with Crippen molar-refractivity contribution in [1.82, 2.24) is 9.47 Å². The molecular formula is C22H20ClN3O3. The number of aromatic hydroxyl groups is 1. The topological polar surface area (TPSA) is 88.6 Å². The molecule has 7 heteroatoms. The zero-order chi connectivity index (χ0) is 20.5. The Kier molecular flexibility index (Phi) is 5.03. The third kappa shape index (κ3) is 3.59. The van der Waals surface area contributed by atoms with Gasteiger partial charge in [-0.2, -0.15) is 0 Å². The van der Waals surface area contributed by atoms with Crippen LogP contribution in [0.25, 0.3) is 11.3 Å². The lowest BCUT2D eigenvalue weighted by Crippen LogP contribution is -2.39. The highest BCUT2D eigenvalue weighted by Crippen LogP contribution is 2.37. The molecule has 0 fully saturated rings. The Morgan fingerprint density at radius 1 is 1.03 bits per heavy atom. The van der Waals surface area contributed by atoms with Crippen LogP contribution < -0.4 is 5.73 Å². The number of carbonyl (C=O) groups excluding carboxylic acids is 2. The molecule has 2 heterocycles. The van der Waals surface area contributed by atoms with Crippen molar-refractivity contribution in [3.8, 4) is 17.0 Å². The Morgan fingerprint density at radius 2 is 1.72 bits per heavy atom. The van der Waals surface area contributed by atoms with Crippen molar-refractivity contribution in [2.45, 2.75) is 19.5 Å². The van der Waals surface area contributed by atoms with Crippen molar-refractivity contribution in [3.63, 3.8) is 0 Å². The zero-order valence-electron chi connectivity index (χ0n) is 15.6. The SMILES string of the molecule is NC(=O)c1c(Cl)c(-c2ccccc2)n2c1CN(C(=O)Cc1ccc(O)cc1)CC2. The Hall–Kier alpha value is -3.25. The lowest BCUT2D eigenvalue weighted by atomic mass is 10.1. The number of phenolic OH excluding ortho intramolecular Hbond substituents is 1. The van der Waals surface area contributed by atoms with Gasteiger partial charge in [-0.15, -0.1) is 0 Å². The summed E-state index contributed by atoms with van der Waals surface area (Å²) in [7, 11) is 0. The molecule has 0 aliphatic carbocycles. The van der Waals surface area contributed by atoms with E-state index >= 15 is 0 Å². The number of rotatable bonds is 4. The molecule has 2 aromatic carbocycles. The molecule has 6 nitrogen and oxygen atoms in total. The highest BCUT2D eigenvalue weighted by atomic mass is 35.5. The van der Waals surface area contributed by atoms with Crippen LogP contribution in [0, 0.1) is 0 Å². The molecule has 3 N–H and O–H groups in total. The molecule has 29 heavy (non-hydrogen) atoms. The van der Waals surface area contributed by atoms with Crippen LogP contribution in [0.1, 0.15) is 21.6 Å². The summed E-state index contributed by atoms with van der Waals surface area (Å²) in [5.74, 6) is -0.504. The average molecular weight is 410 g/mol. The number of hydrogen-bond donors (Lipinski definition) is 2. The number of fused-ring (bicyclic) bond motifs is 1. The molecule has 1 aliphatic rings. The van der Waals surface area contributed by atoms with Crippen LogP contribution in [0.5, 0.6) is 5.75 Å². The van der Waals surface area contributed by atoms with Crippen molar-refractivity contribution in [1.29, 1.82) is 0 Å². The summed E-state index contributed by atoms with van der Waals surface area (Å²) in [5.41, 5.74) is 9.02. The van der Waals surface area contributed by atoms with E-state index in [1.165, 1.54) is 0 Å². The quantitative estimate of drug-likeness (QED) is 0.693. The molecule has 0 saturated heterocycles. The summed E-state index contributed by atoms with van der Waals surface area (Å²) >= 11 is 6.57. The van der Waals surface area contributed by atoms with Crippen LogP contribution in [0.3, 0.4) is 0 Å². The van der Waals surface area contributed by atoms with E-state index in [0.29, 0.717) is 23.8 Å². The predicted molar refractivity (Wildman–Crippen MR) is 111 cm³/mol. The van der Waals surface area contributed by atoms with Gasteiger partial charge in [0.1, 0.15) is 5.75 Å². The number of phenols is 1. The summed E-state index contributed by atoms with van der Waals surface area (Å²) in [6, 6.07) is 16.2. The molecule has 4 rings (SSSR count). The third-order valence-corrected chi connectivity index (χ3v) is 5.55. The van der Waals surface area contributed by atoms with Crippen LogP contribution in [-0.2, 0) is 24.3 Å². The highest BCUT2D eigenvalue weighted by molar-refractivity contribution is 6.36. The molecule has 0 atom stereocenters. The zero-order valence-corrected chi connectivity index (χ0v) is 16.4. The summed E-state index contributed by atoms with van der Waals surface area (Å²) in [6.07, 6.45) is 0.214. The average Bonchev–Trinajstić information content (AvgIpc) is 3.01. The number of carbonyl (C=O) groups is 2. The number of nitrogens with two attached hydrogens (primary N) is 1. The first-order valence-corrected chi connectivity index (χ1v) is 9.65. The van der Waals surface area contributed by atoms with Gasteiger partial charge in [-0.05, 0) is 23.3 Å². The number of amides is 2. The highest BCUT2D eigenvalue weighted by Gasteiger charge is 2.31. The fourth-order valence-electron chi connectivity index (χ4n) is 3.77. The fourth-order valence-corrected chi connectivity index (χ4v) is 4.18. The number of nitrogens with zero attached hydrogens (tertiary/aromatic N) is 2. The van der Waals surface area contributed by atoms with Crippen LogP contribution in [0.15, 0.2) is 54.6 Å². The van der Waals surface area contributed by atoms with Gasteiger partial charge in [0.2, 0.25) is 5.91 Å². The Balaban J connectivity index is 1.66. The van der Waals surface area contributed by atoms with E-state index in [2.05, 4.69) is 0 Å². The second-order valence-corrected chi connectivity index (χ2v) is 7.40. The van der Waals surface area contributed by atoms with Gasteiger partial charge in [0, 0.05) is 13.1 Å². The van der Waals surface area contributed by atoms with Crippen LogP contribution in [0.4, 0.5) is 0 Å². The van der Waals surface area contributed by atoms with Crippen LogP contribution >= 0.6 is 11.6 Å². The van der Waals surface area contributed by atoms with Gasteiger partial charge in [-0.3, -0.25) is 9.59 Å². The molecule has 0 bridgehead atoms. The molecule has 3 aromatic rings. The fraction of sp³-hybridized carbons (Fsp3) is 0.182. The van der Waals surface area contributed by atoms with E-state index < -0.39 is 5.91 Å². The maximum Gasteiger partial charge on any atom is 0.252 e. The second kappa shape index (κ2) is 7.64. The largest absolute Gasteiger partial charge is 0.508 e. The van der Waals surface area contributed by atoms with Gasteiger partial charge in [-0.1, -0.05) is 54.1 Å². The molecule has 0 spiro atoms. The van der Waals surface area contributed by atoms with E-state index in [1.807, 2.05) is 34.9 Å². The molecule has 2 amide bonds. The van der Waals surface area contributed by atoms with E-state index in [4.69, 9.17) is 17.3 Å². The maximum atomic E-state index is 12.8. The first kappa shape index (κ1) is 19.1. The third-order valence-electron chi connectivity index (χ3n) is 5.18. The molecular weight excluding hydrogens is 390 g/mol. The van der Waals surface area contributed by atoms with Crippen LogP contribution in [0.2, 0.25) is 5.02 Å². The van der Waals surface area contributed by atoms with E-state index in [0.717, 1.165) is 16.8 Å². The smallest absolute Gasteiger partial charge is 0.252 e. The monoisotopic (exact) mass is 409 g/mol. The van der Waals surface area contributed by atoms with Crippen molar-refractivity contribution in [3.05, 3.63) is 76.4 Å².